The molecule has 1 atom stereocenters. The van der Waals surface area contributed by atoms with Crippen LogP contribution in [0.25, 0.3) is 0 Å². The van der Waals surface area contributed by atoms with Gasteiger partial charge in [0.15, 0.2) is 0 Å². The summed E-state index contributed by atoms with van der Waals surface area (Å²) >= 11 is 9.59. The SMILES string of the molecule is CCC1CCC(CN)(C(O)c2cc(Cl)ccc2Br)CC1. The molecule has 1 aliphatic carbocycles. The molecule has 0 radical (unpaired) electrons. The highest BCUT2D eigenvalue weighted by Crippen LogP contribution is 2.48. The minimum absolute atomic E-state index is 0.209. The molecule has 0 heterocycles. The normalized spacial score (nSPS) is 28.4. The average molecular weight is 361 g/mol. The van der Waals surface area contributed by atoms with Crippen LogP contribution in [0.1, 0.15) is 50.7 Å². The van der Waals surface area contributed by atoms with E-state index in [4.69, 9.17) is 17.3 Å². The van der Waals surface area contributed by atoms with Gasteiger partial charge in [0.1, 0.15) is 0 Å². The predicted molar refractivity (Wildman–Crippen MR) is 87.8 cm³/mol. The van der Waals surface area contributed by atoms with E-state index in [1.165, 1.54) is 6.42 Å². The maximum absolute atomic E-state index is 10.9. The predicted octanol–water partition coefficient (Wildman–Crippen LogP) is 4.68. The van der Waals surface area contributed by atoms with E-state index in [-0.39, 0.29) is 5.41 Å². The minimum atomic E-state index is -0.557. The van der Waals surface area contributed by atoms with Crippen molar-refractivity contribution in [3.63, 3.8) is 0 Å². The van der Waals surface area contributed by atoms with Gasteiger partial charge in [0.05, 0.1) is 6.10 Å². The van der Waals surface area contributed by atoms with E-state index in [2.05, 4.69) is 22.9 Å². The van der Waals surface area contributed by atoms with E-state index in [1.807, 2.05) is 18.2 Å². The fraction of sp³-hybridized carbons (Fsp3) is 0.625. The number of aliphatic hydroxyl groups excluding tert-OH is 1. The number of hydrogen-bond acceptors (Lipinski definition) is 2. The summed E-state index contributed by atoms with van der Waals surface area (Å²) in [6, 6.07) is 5.56. The molecule has 0 saturated heterocycles. The third kappa shape index (κ3) is 3.22. The Morgan fingerprint density at radius 2 is 2.10 bits per heavy atom. The summed E-state index contributed by atoms with van der Waals surface area (Å²) in [6.45, 7) is 2.76. The Bertz CT molecular complexity index is 458. The summed E-state index contributed by atoms with van der Waals surface area (Å²) < 4.78 is 0.903. The molecule has 3 N–H and O–H groups in total. The Kier molecular flexibility index (Phi) is 5.52. The fourth-order valence-electron chi connectivity index (χ4n) is 3.30. The molecule has 0 bridgehead atoms. The lowest BCUT2D eigenvalue weighted by Gasteiger charge is -2.43. The topological polar surface area (TPSA) is 46.2 Å². The zero-order valence-electron chi connectivity index (χ0n) is 11.9. The zero-order valence-corrected chi connectivity index (χ0v) is 14.3. The molecular formula is C16H23BrClNO. The highest BCUT2D eigenvalue weighted by molar-refractivity contribution is 9.10. The van der Waals surface area contributed by atoms with Gasteiger partial charge in [-0.1, -0.05) is 40.9 Å². The Labute approximate surface area is 134 Å². The first-order chi connectivity index (χ1) is 9.52. The first kappa shape index (κ1) is 16.3. The lowest BCUT2D eigenvalue weighted by molar-refractivity contribution is -0.0107. The smallest absolute Gasteiger partial charge is 0.0869 e. The van der Waals surface area contributed by atoms with E-state index in [0.717, 1.165) is 41.6 Å². The van der Waals surface area contributed by atoms with Crippen LogP contribution < -0.4 is 5.73 Å². The van der Waals surface area contributed by atoms with Crippen LogP contribution in [0.3, 0.4) is 0 Å². The van der Waals surface area contributed by atoms with Gasteiger partial charge >= 0.3 is 0 Å². The number of halogens is 2. The van der Waals surface area contributed by atoms with Gasteiger partial charge in [-0.3, -0.25) is 0 Å². The molecule has 1 unspecified atom stereocenters. The largest absolute Gasteiger partial charge is 0.388 e. The molecule has 1 aromatic rings. The van der Waals surface area contributed by atoms with E-state index in [9.17, 15) is 5.11 Å². The van der Waals surface area contributed by atoms with Crippen LogP contribution in [-0.4, -0.2) is 11.7 Å². The van der Waals surface area contributed by atoms with Gasteiger partial charge < -0.3 is 10.8 Å². The van der Waals surface area contributed by atoms with Gasteiger partial charge in [-0.25, -0.2) is 0 Å². The molecule has 20 heavy (non-hydrogen) atoms. The maximum Gasteiger partial charge on any atom is 0.0869 e. The summed E-state index contributed by atoms with van der Waals surface area (Å²) in [5, 5.41) is 11.5. The van der Waals surface area contributed by atoms with E-state index in [1.54, 1.807) is 0 Å². The quantitative estimate of drug-likeness (QED) is 0.819. The van der Waals surface area contributed by atoms with Gasteiger partial charge in [0.2, 0.25) is 0 Å². The third-order valence-corrected chi connectivity index (χ3v) is 5.87. The molecule has 1 fully saturated rings. The van der Waals surface area contributed by atoms with E-state index >= 15 is 0 Å². The zero-order chi connectivity index (χ0) is 14.8. The first-order valence-electron chi connectivity index (χ1n) is 7.35. The van der Waals surface area contributed by atoms with Crippen LogP contribution >= 0.6 is 27.5 Å². The van der Waals surface area contributed by atoms with Crippen molar-refractivity contribution in [3.05, 3.63) is 33.3 Å². The minimum Gasteiger partial charge on any atom is -0.388 e. The van der Waals surface area contributed by atoms with Gasteiger partial charge in [-0.05, 0) is 55.4 Å². The summed E-state index contributed by atoms with van der Waals surface area (Å²) in [7, 11) is 0. The van der Waals surface area contributed by atoms with Gasteiger partial charge in [0.25, 0.3) is 0 Å². The monoisotopic (exact) mass is 359 g/mol. The van der Waals surface area contributed by atoms with Gasteiger partial charge in [-0.2, -0.15) is 0 Å². The molecule has 2 nitrogen and oxygen atoms in total. The molecule has 0 spiro atoms. The molecule has 0 aromatic heterocycles. The highest BCUT2D eigenvalue weighted by atomic mass is 79.9. The van der Waals surface area contributed by atoms with Crippen molar-refractivity contribution < 1.29 is 5.11 Å². The van der Waals surface area contributed by atoms with Crippen LogP contribution in [0.5, 0.6) is 0 Å². The molecule has 2 rings (SSSR count). The second-order valence-corrected chi connectivity index (χ2v) is 7.28. The maximum atomic E-state index is 10.9. The third-order valence-electron chi connectivity index (χ3n) is 4.92. The lowest BCUT2D eigenvalue weighted by atomic mass is 9.65. The van der Waals surface area contributed by atoms with Crippen molar-refractivity contribution in [2.75, 3.05) is 6.54 Å². The summed E-state index contributed by atoms with van der Waals surface area (Å²) in [5.74, 6) is 0.782. The number of benzene rings is 1. The number of rotatable bonds is 4. The Morgan fingerprint density at radius 1 is 1.45 bits per heavy atom. The Morgan fingerprint density at radius 3 is 2.65 bits per heavy atom. The molecule has 1 aromatic carbocycles. The number of hydrogen-bond donors (Lipinski definition) is 2. The van der Waals surface area contributed by atoms with Crippen molar-refractivity contribution in [3.8, 4) is 0 Å². The van der Waals surface area contributed by atoms with Crippen LogP contribution in [0.4, 0.5) is 0 Å². The van der Waals surface area contributed by atoms with Crippen molar-refractivity contribution in [1.82, 2.24) is 0 Å². The lowest BCUT2D eigenvalue weighted by Crippen LogP contribution is -2.40. The van der Waals surface area contributed by atoms with Crippen molar-refractivity contribution >= 4 is 27.5 Å². The molecule has 4 heteroatoms. The average Bonchev–Trinajstić information content (AvgIpc) is 2.49. The highest BCUT2D eigenvalue weighted by Gasteiger charge is 2.41. The van der Waals surface area contributed by atoms with Crippen molar-refractivity contribution in [2.24, 2.45) is 17.1 Å². The van der Waals surface area contributed by atoms with Gasteiger partial charge in [-0.15, -0.1) is 0 Å². The fourth-order valence-corrected chi connectivity index (χ4v) is 3.95. The van der Waals surface area contributed by atoms with Crippen molar-refractivity contribution in [1.29, 1.82) is 0 Å². The second-order valence-electron chi connectivity index (χ2n) is 5.99. The summed E-state index contributed by atoms with van der Waals surface area (Å²) in [5.41, 5.74) is 6.69. The molecule has 1 saturated carbocycles. The molecule has 0 amide bonds. The van der Waals surface area contributed by atoms with Crippen LogP contribution in [0.15, 0.2) is 22.7 Å². The van der Waals surface area contributed by atoms with E-state index < -0.39 is 6.10 Å². The first-order valence-corrected chi connectivity index (χ1v) is 8.52. The Balaban J connectivity index is 2.25. The van der Waals surface area contributed by atoms with Crippen molar-refractivity contribution in [2.45, 2.75) is 45.1 Å². The summed E-state index contributed by atoms with van der Waals surface area (Å²) in [6.07, 6.45) is 4.95. The summed E-state index contributed by atoms with van der Waals surface area (Å²) in [4.78, 5) is 0. The second kappa shape index (κ2) is 6.78. The Hall–Kier alpha value is -0.0900. The van der Waals surface area contributed by atoms with Crippen LogP contribution in [0, 0.1) is 11.3 Å². The molecule has 112 valence electrons. The standard InChI is InChI=1S/C16H23BrClNO/c1-2-11-5-7-16(10-19,8-6-11)15(20)13-9-12(18)3-4-14(13)17/h3-4,9,11,15,20H,2,5-8,10,19H2,1H3. The number of nitrogens with two attached hydrogens (primary N) is 1. The van der Waals surface area contributed by atoms with Crippen LogP contribution in [-0.2, 0) is 0 Å². The number of aliphatic hydroxyl groups is 1. The molecular weight excluding hydrogens is 338 g/mol. The molecule has 1 aliphatic rings. The van der Waals surface area contributed by atoms with E-state index in [0.29, 0.717) is 11.6 Å². The molecule has 0 aliphatic heterocycles. The van der Waals surface area contributed by atoms with Crippen LogP contribution in [0.2, 0.25) is 5.02 Å². The van der Waals surface area contributed by atoms with Gasteiger partial charge in [0, 0.05) is 21.5 Å².